The van der Waals surface area contributed by atoms with Crippen molar-refractivity contribution in [1.29, 1.82) is 0 Å². The second kappa shape index (κ2) is 4.45. The maximum Gasteiger partial charge on any atom is 0.222 e. The highest BCUT2D eigenvalue weighted by Gasteiger charge is 2.20. The number of carbonyl (C=O) groups is 1. The van der Waals surface area contributed by atoms with Gasteiger partial charge in [0.1, 0.15) is 0 Å². The van der Waals surface area contributed by atoms with Gasteiger partial charge in [0, 0.05) is 19.5 Å². The Hall–Kier alpha value is -0.570. The first-order valence-electron chi connectivity index (χ1n) is 4.70. The zero-order valence-electron chi connectivity index (χ0n) is 7.62. The van der Waals surface area contributed by atoms with Gasteiger partial charge in [-0.3, -0.25) is 4.79 Å². The summed E-state index contributed by atoms with van der Waals surface area (Å²) in [6.07, 6.45) is 3.00. The van der Waals surface area contributed by atoms with Gasteiger partial charge in [-0.05, 0) is 19.3 Å². The number of carbonyl (C=O) groups excluding carboxylic acids is 1. The summed E-state index contributed by atoms with van der Waals surface area (Å²) < 4.78 is 0. The fraction of sp³-hybridized carbons (Fsp3) is 0.889. The van der Waals surface area contributed by atoms with Crippen LogP contribution >= 0.6 is 0 Å². The number of piperidine rings is 1. The zero-order valence-corrected chi connectivity index (χ0v) is 7.62. The minimum atomic E-state index is -0.292. The van der Waals surface area contributed by atoms with E-state index in [1.807, 2.05) is 6.92 Å². The van der Waals surface area contributed by atoms with Crippen molar-refractivity contribution in [2.24, 2.45) is 0 Å². The van der Waals surface area contributed by atoms with E-state index in [1.165, 1.54) is 0 Å². The standard InChI is InChI=1S/C9H17NO2/c1-2-4-9(12)10-6-3-5-8(11)7-10/h8,11H,2-7H2,1H3/t8-/m0/s1. The summed E-state index contributed by atoms with van der Waals surface area (Å²) in [5.74, 6) is 0.191. The van der Waals surface area contributed by atoms with Crippen molar-refractivity contribution in [3.63, 3.8) is 0 Å². The molecule has 0 bridgehead atoms. The van der Waals surface area contributed by atoms with Crippen molar-refractivity contribution in [3.05, 3.63) is 0 Å². The van der Waals surface area contributed by atoms with Crippen molar-refractivity contribution in [1.82, 2.24) is 4.90 Å². The Morgan fingerprint density at radius 2 is 2.42 bits per heavy atom. The number of amides is 1. The lowest BCUT2D eigenvalue weighted by molar-refractivity contribution is -0.134. The van der Waals surface area contributed by atoms with Crippen LogP contribution in [0.25, 0.3) is 0 Å². The number of aliphatic hydroxyl groups is 1. The van der Waals surface area contributed by atoms with Gasteiger partial charge in [0.15, 0.2) is 0 Å². The normalized spacial score (nSPS) is 24.2. The lowest BCUT2D eigenvalue weighted by Gasteiger charge is -2.30. The molecule has 1 aliphatic rings. The number of hydrogen-bond donors (Lipinski definition) is 1. The van der Waals surface area contributed by atoms with E-state index in [-0.39, 0.29) is 12.0 Å². The van der Waals surface area contributed by atoms with Crippen molar-refractivity contribution < 1.29 is 9.90 Å². The second-order valence-corrected chi connectivity index (χ2v) is 3.39. The fourth-order valence-electron chi connectivity index (χ4n) is 1.55. The molecule has 0 aromatic rings. The first kappa shape index (κ1) is 9.52. The van der Waals surface area contributed by atoms with Crippen LogP contribution in [0.5, 0.6) is 0 Å². The molecule has 0 saturated carbocycles. The van der Waals surface area contributed by atoms with Gasteiger partial charge in [0.2, 0.25) is 5.91 Å². The van der Waals surface area contributed by atoms with Crippen LogP contribution in [0.15, 0.2) is 0 Å². The number of β-amino-alcohol motifs (C(OH)–C–C–N with tert-alkyl or cyclic N) is 1. The lowest BCUT2D eigenvalue weighted by Crippen LogP contribution is -2.41. The average Bonchev–Trinajstić information content (AvgIpc) is 2.05. The van der Waals surface area contributed by atoms with Gasteiger partial charge in [-0.1, -0.05) is 6.92 Å². The Morgan fingerprint density at radius 1 is 1.67 bits per heavy atom. The number of aliphatic hydroxyl groups excluding tert-OH is 1. The van der Waals surface area contributed by atoms with Gasteiger partial charge in [0.05, 0.1) is 6.10 Å². The molecular formula is C9H17NO2. The van der Waals surface area contributed by atoms with Crippen LogP contribution in [-0.4, -0.2) is 35.1 Å². The molecule has 1 aliphatic heterocycles. The van der Waals surface area contributed by atoms with Gasteiger partial charge < -0.3 is 10.0 Å². The molecule has 12 heavy (non-hydrogen) atoms. The summed E-state index contributed by atoms with van der Waals surface area (Å²) in [7, 11) is 0. The molecule has 1 rings (SSSR count). The summed E-state index contributed by atoms with van der Waals surface area (Å²) in [5, 5.41) is 9.30. The van der Waals surface area contributed by atoms with E-state index in [0.29, 0.717) is 13.0 Å². The first-order chi connectivity index (χ1) is 5.74. The summed E-state index contributed by atoms with van der Waals surface area (Å²) >= 11 is 0. The smallest absolute Gasteiger partial charge is 0.222 e. The van der Waals surface area contributed by atoms with Gasteiger partial charge in [0.25, 0.3) is 0 Å². The van der Waals surface area contributed by atoms with Crippen LogP contribution in [0.2, 0.25) is 0 Å². The zero-order chi connectivity index (χ0) is 8.97. The third-order valence-corrected chi connectivity index (χ3v) is 2.21. The third kappa shape index (κ3) is 2.48. The minimum Gasteiger partial charge on any atom is -0.391 e. The Labute approximate surface area is 73.4 Å². The lowest BCUT2D eigenvalue weighted by atomic mass is 10.1. The average molecular weight is 171 g/mol. The molecule has 1 heterocycles. The van der Waals surface area contributed by atoms with E-state index >= 15 is 0 Å². The predicted octanol–water partition coefficient (Wildman–Crippen LogP) is 0.770. The molecule has 1 saturated heterocycles. The number of rotatable bonds is 2. The third-order valence-electron chi connectivity index (χ3n) is 2.21. The van der Waals surface area contributed by atoms with E-state index in [4.69, 9.17) is 0 Å². The molecule has 1 fully saturated rings. The highest BCUT2D eigenvalue weighted by molar-refractivity contribution is 5.76. The summed E-state index contributed by atoms with van der Waals surface area (Å²) in [4.78, 5) is 13.1. The molecule has 0 unspecified atom stereocenters. The highest BCUT2D eigenvalue weighted by Crippen LogP contribution is 2.11. The number of likely N-dealkylation sites (tertiary alicyclic amines) is 1. The fourth-order valence-corrected chi connectivity index (χ4v) is 1.55. The first-order valence-corrected chi connectivity index (χ1v) is 4.70. The van der Waals surface area contributed by atoms with Crippen LogP contribution in [0.4, 0.5) is 0 Å². The molecule has 1 atom stereocenters. The largest absolute Gasteiger partial charge is 0.391 e. The van der Waals surface area contributed by atoms with Crippen molar-refractivity contribution in [3.8, 4) is 0 Å². The van der Waals surface area contributed by atoms with E-state index < -0.39 is 0 Å². The van der Waals surface area contributed by atoms with Crippen LogP contribution in [-0.2, 0) is 4.79 Å². The second-order valence-electron chi connectivity index (χ2n) is 3.39. The summed E-state index contributed by atoms with van der Waals surface area (Å²) in [6, 6.07) is 0. The van der Waals surface area contributed by atoms with Gasteiger partial charge in [-0.15, -0.1) is 0 Å². The van der Waals surface area contributed by atoms with Crippen molar-refractivity contribution in [2.45, 2.75) is 38.7 Å². The van der Waals surface area contributed by atoms with E-state index in [1.54, 1.807) is 4.90 Å². The van der Waals surface area contributed by atoms with Crippen molar-refractivity contribution in [2.75, 3.05) is 13.1 Å². The molecule has 0 aromatic heterocycles. The Bertz CT molecular complexity index is 159. The summed E-state index contributed by atoms with van der Waals surface area (Å²) in [5.41, 5.74) is 0. The summed E-state index contributed by atoms with van der Waals surface area (Å²) in [6.45, 7) is 3.37. The highest BCUT2D eigenvalue weighted by atomic mass is 16.3. The van der Waals surface area contributed by atoms with Crippen LogP contribution in [0, 0.1) is 0 Å². The maximum atomic E-state index is 11.4. The molecular weight excluding hydrogens is 154 g/mol. The van der Waals surface area contributed by atoms with Crippen molar-refractivity contribution >= 4 is 5.91 Å². The minimum absolute atomic E-state index is 0.191. The molecule has 0 aromatic carbocycles. The molecule has 3 nitrogen and oxygen atoms in total. The molecule has 1 N–H and O–H groups in total. The van der Waals surface area contributed by atoms with Crippen LogP contribution in [0.3, 0.4) is 0 Å². The van der Waals surface area contributed by atoms with E-state index in [0.717, 1.165) is 25.8 Å². The van der Waals surface area contributed by atoms with Gasteiger partial charge >= 0.3 is 0 Å². The van der Waals surface area contributed by atoms with Gasteiger partial charge in [-0.2, -0.15) is 0 Å². The topological polar surface area (TPSA) is 40.5 Å². The van der Waals surface area contributed by atoms with E-state index in [9.17, 15) is 9.90 Å². The Balaban J connectivity index is 2.35. The predicted molar refractivity (Wildman–Crippen MR) is 46.7 cm³/mol. The number of nitrogens with zero attached hydrogens (tertiary/aromatic N) is 1. The monoisotopic (exact) mass is 171 g/mol. The molecule has 0 spiro atoms. The molecule has 0 aliphatic carbocycles. The van der Waals surface area contributed by atoms with Gasteiger partial charge in [-0.25, -0.2) is 0 Å². The molecule has 70 valence electrons. The SMILES string of the molecule is CCCC(=O)N1CCC[C@H](O)C1. The molecule has 3 heteroatoms. The van der Waals surface area contributed by atoms with Crippen LogP contribution < -0.4 is 0 Å². The quantitative estimate of drug-likeness (QED) is 0.666. The number of hydrogen-bond acceptors (Lipinski definition) is 2. The van der Waals surface area contributed by atoms with Crippen LogP contribution in [0.1, 0.15) is 32.6 Å². The molecule has 1 amide bonds. The maximum absolute atomic E-state index is 11.4. The Kier molecular flexibility index (Phi) is 3.53. The Morgan fingerprint density at radius 3 is 3.00 bits per heavy atom. The van der Waals surface area contributed by atoms with E-state index in [2.05, 4.69) is 0 Å². The molecule has 0 radical (unpaired) electrons.